The quantitative estimate of drug-likeness (QED) is 0.806. The van der Waals surface area contributed by atoms with Gasteiger partial charge >= 0.3 is 0 Å². The van der Waals surface area contributed by atoms with Crippen molar-refractivity contribution in [3.05, 3.63) is 59.6 Å². The van der Waals surface area contributed by atoms with E-state index in [9.17, 15) is 9.59 Å². The SMILES string of the molecule is C=CCN(C(=O)c1csnn1)[C@H](C(=O)NC(C)(C)C)c1ccccc1. The van der Waals surface area contributed by atoms with Crippen LogP contribution in [0.1, 0.15) is 42.9 Å². The molecule has 7 heteroatoms. The zero-order valence-corrected chi connectivity index (χ0v) is 15.4. The van der Waals surface area contributed by atoms with Crippen LogP contribution in [0.3, 0.4) is 0 Å². The van der Waals surface area contributed by atoms with Crippen LogP contribution in [-0.4, -0.2) is 38.4 Å². The molecule has 1 atom stereocenters. The molecule has 0 saturated carbocycles. The fourth-order valence-corrected chi connectivity index (χ4v) is 2.83. The molecule has 1 N–H and O–H groups in total. The Kier molecular flexibility index (Phi) is 6.03. The highest BCUT2D eigenvalue weighted by atomic mass is 32.1. The van der Waals surface area contributed by atoms with E-state index in [4.69, 9.17) is 0 Å². The Hall–Kier alpha value is -2.54. The molecule has 0 spiro atoms. The van der Waals surface area contributed by atoms with E-state index in [1.807, 2.05) is 51.1 Å². The Morgan fingerprint density at radius 2 is 2.00 bits per heavy atom. The fourth-order valence-electron chi connectivity index (χ4n) is 2.40. The van der Waals surface area contributed by atoms with Crippen molar-refractivity contribution in [2.75, 3.05) is 6.54 Å². The molecule has 0 saturated heterocycles. The summed E-state index contributed by atoms with van der Waals surface area (Å²) in [5.41, 5.74) is 0.522. The normalized spacial score (nSPS) is 12.3. The summed E-state index contributed by atoms with van der Waals surface area (Å²) in [5, 5.41) is 8.37. The molecule has 25 heavy (non-hydrogen) atoms. The summed E-state index contributed by atoms with van der Waals surface area (Å²) in [6, 6.07) is 8.42. The van der Waals surface area contributed by atoms with Crippen LogP contribution in [0.25, 0.3) is 0 Å². The van der Waals surface area contributed by atoms with E-state index in [1.54, 1.807) is 11.5 Å². The summed E-state index contributed by atoms with van der Waals surface area (Å²) >= 11 is 1.09. The number of nitrogens with one attached hydrogen (secondary N) is 1. The third-order valence-corrected chi connectivity index (χ3v) is 3.84. The minimum Gasteiger partial charge on any atom is -0.349 e. The molecule has 0 bridgehead atoms. The van der Waals surface area contributed by atoms with Crippen molar-refractivity contribution in [1.82, 2.24) is 19.8 Å². The van der Waals surface area contributed by atoms with Gasteiger partial charge < -0.3 is 10.2 Å². The summed E-state index contributed by atoms with van der Waals surface area (Å²) in [7, 11) is 0. The molecule has 0 radical (unpaired) electrons. The van der Waals surface area contributed by atoms with E-state index in [2.05, 4.69) is 21.5 Å². The number of carbonyl (C=O) groups excluding carboxylic acids is 2. The van der Waals surface area contributed by atoms with Gasteiger partial charge in [-0.25, -0.2) is 0 Å². The Labute approximate surface area is 151 Å². The van der Waals surface area contributed by atoms with Gasteiger partial charge in [0.05, 0.1) is 0 Å². The van der Waals surface area contributed by atoms with Gasteiger partial charge in [0.15, 0.2) is 5.69 Å². The summed E-state index contributed by atoms with van der Waals surface area (Å²) in [6.45, 7) is 9.63. The highest BCUT2D eigenvalue weighted by molar-refractivity contribution is 7.03. The minimum atomic E-state index is -0.785. The number of rotatable bonds is 6. The molecule has 1 aromatic heterocycles. The fraction of sp³-hybridized carbons (Fsp3) is 0.333. The van der Waals surface area contributed by atoms with Crippen LogP contribution in [-0.2, 0) is 4.79 Å². The predicted molar refractivity (Wildman–Crippen MR) is 98.2 cm³/mol. The van der Waals surface area contributed by atoms with Gasteiger partial charge in [-0.2, -0.15) is 0 Å². The second-order valence-electron chi connectivity index (χ2n) is 6.59. The maximum absolute atomic E-state index is 13.0. The molecule has 2 amide bonds. The van der Waals surface area contributed by atoms with Crippen molar-refractivity contribution in [1.29, 1.82) is 0 Å². The number of hydrogen-bond acceptors (Lipinski definition) is 5. The average molecular weight is 358 g/mol. The van der Waals surface area contributed by atoms with Crippen molar-refractivity contribution in [3.8, 4) is 0 Å². The zero-order chi connectivity index (χ0) is 18.4. The number of benzene rings is 1. The first kappa shape index (κ1) is 18.8. The van der Waals surface area contributed by atoms with Gasteiger partial charge in [-0.3, -0.25) is 9.59 Å². The van der Waals surface area contributed by atoms with Crippen molar-refractivity contribution in [2.24, 2.45) is 0 Å². The summed E-state index contributed by atoms with van der Waals surface area (Å²) < 4.78 is 3.74. The van der Waals surface area contributed by atoms with Gasteiger partial charge in [-0.05, 0) is 37.9 Å². The molecule has 0 aliphatic heterocycles. The summed E-state index contributed by atoms with van der Waals surface area (Å²) in [4.78, 5) is 27.3. The van der Waals surface area contributed by atoms with E-state index in [-0.39, 0.29) is 24.1 Å². The molecule has 0 unspecified atom stereocenters. The van der Waals surface area contributed by atoms with E-state index in [0.717, 1.165) is 17.1 Å². The van der Waals surface area contributed by atoms with E-state index in [0.29, 0.717) is 0 Å². The molecular formula is C18H22N4O2S. The standard InChI is InChI=1S/C18H22N4O2S/c1-5-11-22(17(24)14-12-25-21-20-14)15(13-9-7-6-8-10-13)16(23)19-18(2,3)4/h5-10,12,15H,1,11H2,2-4H3,(H,19,23)/t15-/m0/s1. The first-order valence-corrected chi connectivity index (χ1v) is 8.73. The third kappa shape index (κ3) is 4.96. The molecule has 0 aliphatic carbocycles. The van der Waals surface area contributed by atoms with Gasteiger partial charge in [-0.1, -0.05) is 40.9 Å². The number of hydrogen-bond donors (Lipinski definition) is 1. The Morgan fingerprint density at radius 3 is 2.52 bits per heavy atom. The zero-order valence-electron chi connectivity index (χ0n) is 14.6. The molecule has 1 heterocycles. The summed E-state index contributed by atoms with van der Waals surface area (Å²) in [5.74, 6) is -0.608. The van der Waals surface area contributed by atoms with Crippen molar-refractivity contribution >= 4 is 23.3 Å². The van der Waals surface area contributed by atoms with Gasteiger partial charge in [0.1, 0.15) is 6.04 Å². The smallest absolute Gasteiger partial charge is 0.276 e. The second kappa shape index (κ2) is 8.02. The maximum atomic E-state index is 13.0. The van der Waals surface area contributed by atoms with Crippen LogP contribution in [0, 0.1) is 0 Å². The summed E-state index contributed by atoms with van der Waals surface area (Å²) in [6.07, 6.45) is 1.60. The predicted octanol–water partition coefficient (Wildman–Crippen LogP) is 2.82. The minimum absolute atomic E-state index is 0.216. The Balaban J connectivity index is 2.45. The van der Waals surface area contributed by atoms with E-state index < -0.39 is 11.6 Å². The third-order valence-electron chi connectivity index (χ3n) is 3.34. The van der Waals surface area contributed by atoms with Crippen LogP contribution in [0.15, 0.2) is 48.4 Å². The highest BCUT2D eigenvalue weighted by Crippen LogP contribution is 2.24. The lowest BCUT2D eigenvalue weighted by Gasteiger charge is -2.32. The van der Waals surface area contributed by atoms with Crippen LogP contribution in [0.2, 0.25) is 0 Å². The maximum Gasteiger partial charge on any atom is 0.276 e. The monoisotopic (exact) mass is 358 g/mol. The number of amides is 2. The second-order valence-corrected chi connectivity index (χ2v) is 7.20. The number of carbonyl (C=O) groups is 2. The van der Waals surface area contributed by atoms with E-state index >= 15 is 0 Å². The van der Waals surface area contributed by atoms with Crippen LogP contribution < -0.4 is 5.32 Å². The lowest BCUT2D eigenvalue weighted by atomic mass is 10.0. The molecule has 2 rings (SSSR count). The highest BCUT2D eigenvalue weighted by Gasteiger charge is 2.33. The van der Waals surface area contributed by atoms with Gasteiger partial charge in [-0.15, -0.1) is 11.7 Å². The van der Waals surface area contributed by atoms with Gasteiger partial charge in [0.2, 0.25) is 5.91 Å². The molecule has 0 fully saturated rings. The van der Waals surface area contributed by atoms with Crippen LogP contribution in [0.5, 0.6) is 0 Å². The van der Waals surface area contributed by atoms with E-state index in [1.165, 1.54) is 4.90 Å². The average Bonchev–Trinajstić information content (AvgIpc) is 3.07. The molecular weight excluding hydrogens is 336 g/mol. The first-order valence-electron chi connectivity index (χ1n) is 7.89. The van der Waals surface area contributed by atoms with Gasteiger partial charge in [0.25, 0.3) is 5.91 Å². The van der Waals surface area contributed by atoms with Crippen LogP contribution in [0.4, 0.5) is 0 Å². The first-order chi connectivity index (χ1) is 11.8. The van der Waals surface area contributed by atoms with Gasteiger partial charge in [0, 0.05) is 17.5 Å². The lowest BCUT2D eigenvalue weighted by Crippen LogP contribution is -2.49. The lowest BCUT2D eigenvalue weighted by molar-refractivity contribution is -0.127. The molecule has 1 aromatic carbocycles. The molecule has 132 valence electrons. The number of aromatic nitrogens is 2. The Bertz CT molecular complexity index is 723. The van der Waals surface area contributed by atoms with Crippen molar-refractivity contribution < 1.29 is 9.59 Å². The van der Waals surface area contributed by atoms with Crippen molar-refractivity contribution in [2.45, 2.75) is 32.4 Å². The van der Waals surface area contributed by atoms with Crippen LogP contribution >= 0.6 is 11.5 Å². The molecule has 2 aromatic rings. The van der Waals surface area contributed by atoms with Crippen molar-refractivity contribution in [3.63, 3.8) is 0 Å². The largest absolute Gasteiger partial charge is 0.349 e. The molecule has 6 nitrogen and oxygen atoms in total. The molecule has 0 aliphatic rings. The number of nitrogens with zero attached hydrogens (tertiary/aromatic N) is 3. The Morgan fingerprint density at radius 1 is 1.32 bits per heavy atom. The topological polar surface area (TPSA) is 75.2 Å².